The van der Waals surface area contributed by atoms with Crippen molar-refractivity contribution in [2.75, 3.05) is 29.9 Å². The quantitative estimate of drug-likeness (QED) is 0.552. The fourth-order valence-corrected chi connectivity index (χ4v) is 2.54. The molecular weight excluding hydrogens is 256 g/mol. The Labute approximate surface area is 121 Å². The van der Waals surface area contributed by atoms with Crippen LogP contribution in [0.3, 0.4) is 0 Å². The standard InChI is InChI=1S/C15H26N2OS/c1-5-17(6-2)13-12(15(19)14(13)18)16-10-8-7-9-11(3)4/h11,16H,5-10H2,1-4H3. The molecule has 1 N–H and O–H groups in total. The third-order valence-electron chi connectivity index (χ3n) is 3.47. The lowest BCUT2D eigenvalue weighted by Crippen LogP contribution is -2.32. The van der Waals surface area contributed by atoms with Gasteiger partial charge in [0, 0.05) is 19.6 Å². The second-order valence-electron chi connectivity index (χ2n) is 5.37. The predicted molar refractivity (Wildman–Crippen MR) is 86.7 cm³/mol. The maximum Gasteiger partial charge on any atom is 0.224 e. The van der Waals surface area contributed by atoms with E-state index in [1.54, 1.807) is 0 Å². The van der Waals surface area contributed by atoms with Crippen molar-refractivity contribution in [2.24, 2.45) is 5.92 Å². The molecule has 108 valence electrons. The summed E-state index contributed by atoms with van der Waals surface area (Å²) in [7, 11) is 0. The molecule has 1 aromatic carbocycles. The average Bonchev–Trinajstić information content (AvgIpc) is 2.40. The Morgan fingerprint density at radius 3 is 2.37 bits per heavy atom. The summed E-state index contributed by atoms with van der Waals surface area (Å²) in [5, 5.41) is 3.35. The number of nitrogens with one attached hydrogen (secondary N) is 1. The van der Waals surface area contributed by atoms with Gasteiger partial charge in [-0.05, 0) is 26.2 Å². The number of hydrogen-bond acceptors (Lipinski definition) is 4. The number of anilines is 2. The lowest BCUT2D eigenvalue weighted by atomic mass is 10.1. The maximum absolute atomic E-state index is 11.8. The van der Waals surface area contributed by atoms with E-state index in [0.29, 0.717) is 4.51 Å². The predicted octanol–water partition coefficient (Wildman–Crippen LogP) is 3.74. The van der Waals surface area contributed by atoms with E-state index in [-0.39, 0.29) is 5.43 Å². The van der Waals surface area contributed by atoms with Crippen molar-refractivity contribution >= 4 is 23.6 Å². The van der Waals surface area contributed by atoms with Crippen LogP contribution < -0.4 is 15.6 Å². The van der Waals surface area contributed by atoms with E-state index in [4.69, 9.17) is 12.2 Å². The topological polar surface area (TPSA) is 32.3 Å². The molecule has 0 amide bonds. The van der Waals surface area contributed by atoms with Crippen LogP contribution in [0.5, 0.6) is 0 Å². The van der Waals surface area contributed by atoms with Gasteiger partial charge >= 0.3 is 0 Å². The molecule has 3 nitrogen and oxygen atoms in total. The molecular formula is C15H26N2OS. The molecule has 0 radical (unpaired) electrons. The zero-order valence-electron chi connectivity index (χ0n) is 12.6. The normalized spacial score (nSPS) is 11.2. The summed E-state index contributed by atoms with van der Waals surface area (Å²) in [6, 6.07) is 0. The van der Waals surface area contributed by atoms with Crippen molar-refractivity contribution in [1.82, 2.24) is 0 Å². The van der Waals surface area contributed by atoms with E-state index >= 15 is 0 Å². The smallest absolute Gasteiger partial charge is 0.224 e. The van der Waals surface area contributed by atoms with E-state index in [0.717, 1.165) is 43.3 Å². The van der Waals surface area contributed by atoms with Crippen LogP contribution in [0.4, 0.5) is 11.4 Å². The second-order valence-corrected chi connectivity index (χ2v) is 5.78. The van der Waals surface area contributed by atoms with Gasteiger partial charge in [-0.15, -0.1) is 0 Å². The number of hydrogen-bond donors (Lipinski definition) is 1. The summed E-state index contributed by atoms with van der Waals surface area (Å²) in [6.45, 7) is 11.2. The second kappa shape index (κ2) is 7.63. The van der Waals surface area contributed by atoms with Crippen LogP contribution >= 0.6 is 12.2 Å². The summed E-state index contributed by atoms with van der Waals surface area (Å²) in [5.41, 5.74) is 1.72. The highest BCUT2D eigenvalue weighted by atomic mass is 32.1. The molecule has 4 heteroatoms. The maximum atomic E-state index is 11.8. The molecule has 0 saturated carbocycles. The molecule has 0 saturated heterocycles. The Bertz CT molecular complexity index is 457. The Balaban J connectivity index is 2.53. The first-order valence-corrected chi connectivity index (χ1v) is 7.75. The number of rotatable bonds is 9. The number of nitrogens with zero attached hydrogens (tertiary/aromatic N) is 1. The Morgan fingerprint density at radius 1 is 1.21 bits per heavy atom. The van der Waals surface area contributed by atoms with Gasteiger partial charge in [-0.25, -0.2) is 0 Å². The highest BCUT2D eigenvalue weighted by molar-refractivity contribution is 7.71. The van der Waals surface area contributed by atoms with Crippen molar-refractivity contribution in [3.63, 3.8) is 0 Å². The van der Waals surface area contributed by atoms with Crippen LogP contribution in [-0.4, -0.2) is 19.6 Å². The zero-order valence-corrected chi connectivity index (χ0v) is 13.4. The average molecular weight is 282 g/mol. The Hall–Kier alpha value is -0.900. The van der Waals surface area contributed by atoms with Crippen LogP contribution in [0.1, 0.15) is 47.0 Å². The minimum absolute atomic E-state index is 0.0309. The summed E-state index contributed by atoms with van der Waals surface area (Å²) in [5.74, 6) is 0.761. The highest BCUT2D eigenvalue weighted by Gasteiger charge is 2.21. The van der Waals surface area contributed by atoms with Gasteiger partial charge in [0.2, 0.25) is 5.43 Å². The molecule has 1 aromatic rings. The first kappa shape index (κ1) is 16.2. The minimum atomic E-state index is 0.0309. The van der Waals surface area contributed by atoms with Crippen LogP contribution in [0, 0.1) is 10.4 Å². The monoisotopic (exact) mass is 282 g/mol. The van der Waals surface area contributed by atoms with Crippen molar-refractivity contribution in [3.8, 4) is 0 Å². The molecule has 0 fully saturated rings. The van der Waals surface area contributed by atoms with Crippen LogP contribution in [0.25, 0.3) is 0 Å². The molecule has 19 heavy (non-hydrogen) atoms. The van der Waals surface area contributed by atoms with E-state index < -0.39 is 0 Å². The van der Waals surface area contributed by atoms with Gasteiger partial charge in [-0.3, -0.25) is 4.79 Å². The van der Waals surface area contributed by atoms with Crippen LogP contribution in [-0.2, 0) is 0 Å². The van der Waals surface area contributed by atoms with E-state index in [2.05, 4.69) is 37.9 Å². The molecule has 0 heterocycles. The van der Waals surface area contributed by atoms with Gasteiger partial charge < -0.3 is 10.2 Å². The molecule has 0 aromatic heterocycles. The van der Waals surface area contributed by atoms with Crippen molar-refractivity contribution in [2.45, 2.75) is 47.0 Å². The summed E-state index contributed by atoms with van der Waals surface area (Å²) in [6.07, 6.45) is 3.61. The van der Waals surface area contributed by atoms with Crippen LogP contribution in [0.2, 0.25) is 0 Å². The fourth-order valence-electron chi connectivity index (χ4n) is 2.28. The molecule has 0 unspecified atom stereocenters. The molecule has 0 spiro atoms. The molecule has 0 atom stereocenters. The third-order valence-corrected chi connectivity index (χ3v) is 3.86. The van der Waals surface area contributed by atoms with E-state index in [9.17, 15) is 4.79 Å². The first-order chi connectivity index (χ1) is 9.02. The largest absolute Gasteiger partial charge is 0.382 e. The van der Waals surface area contributed by atoms with Crippen molar-refractivity contribution in [1.29, 1.82) is 0 Å². The van der Waals surface area contributed by atoms with Crippen LogP contribution in [0.15, 0.2) is 4.79 Å². The first-order valence-electron chi connectivity index (χ1n) is 7.35. The zero-order chi connectivity index (χ0) is 14.4. The van der Waals surface area contributed by atoms with E-state index in [1.807, 2.05) is 0 Å². The minimum Gasteiger partial charge on any atom is -0.382 e. The van der Waals surface area contributed by atoms with Gasteiger partial charge in [0.1, 0.15) is 10.2 Å². The molecule has 0 bridgehead atoms. The lowest BCUT2D eigenvalue weighted by Gasteiger charge is -2.26. The summed E-state index contributed by atoms with van der Waals surface area (Å²) >= 11 is 5.14. The Kier molecular flexibility index (Phi) is 6.49. The molecule has 0 aliphatic rings. The Morgan fingerprint density at radius 2 is 1.84 bits per heavy atom. The third kappa shape index (κ3) is 4.03. The van der Waals surface area contributed by atoms with Gasteiger partial charge in [0.05, 0.1) is 5.69 Å². The van der Waals surface area contributed by atoms with E-state index in [1.165, 1.54) is 12.8 Å². The highest BCUT2D eigenvalue weighted by Crippen LogP contribution is 2.26. The number of unbranched alkanes of at least 4 members (excludes halogenated alkanes) is 1. The SMILES string of the molecule is CCN(CC)c1c(NCCCCC(C)C)c(=S)c1=O. The van der Waals surface area contributed by atoms with Crippen molar-refractivity contribution in [3.05, 3.63) is 14.7 Å². The van der Waals surface area contributed by atoms with Gasteiger partial charge in [-0.1, -0.05) is 38.9 Å². The van der Waals surface area contributed by atoms with Gasteiger partial charge in [-0.2, -0.15) is 0 Å². The van der Waals surface area contributed by atoms with Gasteiger partial charge in [0.25, 0.3) is 0 Å². The molecule has 0 aliphatic carbocycles. The molecule has 1 rings (SSSR count). The molecule has 0 aliphatic heterocycles. The lowest BCUT2D eigenvalue weighted by molar-refractivity contribution is 0.544. The van der Waals surface area contributed by atoms with Crippen molar-refractivity contribution < 1.29 is 0 Å². The van der Waals surface area contributed by atoms with Gasteiger partial charge in [0.15, 0.2) is 0 Å². The fraction of sp³-hybridized carbons (Fsp3) is 0.733. The summed E-state index contributed by atoms with van der Waals surface area (Å²) in [4.78, 5) is 13.9. The summed E-state index contributed by atoms with van der Waals surface area (Å²) < 4.78 is 0.478.